The quantitative estimate of drug-likeness (QED) is 0.905. The Kier molecular flexibility index (Phi) is 5.79. The highest BCUT2D eigenvalue weighted by Crippen LogP contribution is 2.23. The van der Waals surface area contributed by atoms with Crippen LogP contribution in [0.4, 0.5) is 10.5 Å². The van der Waals surface area contributed by atoms with E-state index in [0.717, 1.165) is 30.2 Å². The number of anilines is 1. The van der Waals surface area contributed by atoms with E-state index in [0.29, 0.717) is 24.5 Å². The molecule has 0 bridgehead atoms. The van der Waals surface area contributed by atoms with Crippen LogP contribution in [0.5, 0.6) is 5.75 Å². The van der Waals surface area contributed by atoms with Crippen LogP contribution in [0, 0.1) is 0 Å². The maximum Gasteiger partial charge on any atom is 0.322 e. The molecule has 0 radical (unpaired) electrons. The second-order valence-electron chi connectivity index (χ2n) is 5.99. The highest BCUT2D eigenvalue weighted by Gasteiger charge is 2.22. The number of nitrogens with one attached hydrogen (secondary N) is 1. The van der Waals surface area contributed by atoms with Gasteiger partial charge < -0.3 is 15.0 Å². The smallest absolute Gasteiger partial charge is 0.322 e. The predicted octanol–water partition coefficient (Wildman–Crippen LogP) is 3.70. The Balaban J connectivity index is 1.53. The first-order valence-electron chi connectivity index (χ1n) is 8.32. The van der Waals surface area contributed by atoms with Gasteiger partial charge in [-0.25, -0.2) is 4.79 Å². The highest BCUT2D eigenvalue weighted by atomic mass is 35.5. The minimum absolute atomic E-state index is 0.0955. The van der Waals surface area contributed by atoms with Crippen LogP contribution in [-0.4, -0.2) is 49.1 Å². The molecule has 1 N–H and O–H groups in total. The SMILES string of the molecule is COc1ccccc1NC(=O)N1CCN(Cc2ccccc2Cl)CC1. The van der Waals surface area contributed by atoms with Crippen molar-refractivity contribution >= 4 is 23.3 Å². The number of rotatable bonds is 4. The average Bonchev–Trinajstić information content (AvgIpc) is 2.64. The monoisotopic (exact) mass is 359 g/mol. The van der Waals surface area contributed by atoms with Crippen LogP contribution >= 0.6 is 11.6 Å². The fourth-order valence-electron chi connectivity index (χ4n) is 2.92. The molecule has 1 aliphatic rings. The molecular formula is C19H22ClN3O2. The summed E-state index contributed by atoms with van der Waals surface area (Å²) in [6.07, 6.45) is 0. The van der Waals surface area contributed by atoms with Gasteiger partial charge in [0, 0.05) is 37.7 Å². The van der Waals surface area contributed by atoms with Crippen LogP contribution in [0.15, 0.2) is 48.5 Å². The molecule has 0 saturated carbocycles. The molecule has 0 aliphatic carbocycles. The molecule has 1 aliphatic heterocycles. The molecule has 1 saturated heterocycles. The van der Waals surface area contributed by atoms with E-state index in [1.54, 1.807) is 7.11 Å². The fourth-order valence-corrected chi connectivity index (χ4v) is 3.11. The zero-order chi connectivity index (χ0) is 17.6. The van der Waals surface area contributed by atoms with Gasteiger partial charge in [0.15, 0.2) is 0 Å². The van der Waals surface area contributed by atoms with Crippen LogP contribution in [0.25, 0.3) is 0 Å². The van der Waals surface area contributed by atoms with E-state index in [2.05, 4.69) is 10.2 Å². The number of methoxy groups -OCH3 is 1. The third kappa shape index (κ3) is 4.44. The molecule has 3 rings (SSSR count). The number of halogens is 1. The van der Waals surface area contributed by atoms with Gasteiger partial charge >= 0.3 is 6.03 Å². The van der Waals surface area contributed by atoms with E-state index in [1.165, 1.54) is 0 Å². The van der Waals surface area contributed by atoms with E-state index in [9.17, 15) is 4.79 Å². The Hall–Kier alpha value is -2.24. The summed E-state index contributed by atoms with van der Waals surface area (Å²) < 4.78 is 5.27. The van der Waals surface area contributed by atoms with Crippen LogP contribution < -0.4 is 10.1 Å². The molecule has 2 amide bonds. The van der Waals surface area contributed by atoms with Gasteiger partial charge in [-0.2, -0.15) is 0 Å². The van der Waals surface area contributed by atoms with Crippen molar-refractivity contribution in [3.8, 4) is 5.75 Å². The lowest BCUT2D eigenvalue weighted by Crippen LogP contribution is -2.49. The van der Waals surface area contributed by atoms with E-state index < -0.39 is 0 Å². The fraction of sp³-hybridized carbons (Fsp3) is 0.316. The Bertz CT molecular complexity index is 730. The number of hydrogen-bond donors (Lipinski definition) is 1. The van der Waals surface area contributed by atoms with Gasteiger partial charge in [-0.1, -0.05) is 41.9 Å². The van der Waals surface area contributed by atoms with Gasteiger partial charge in [-0.15, -0.1) is 0 Å². The third-order valence-electron chi connectivity index (χ3n) is 4.36. The van der Waals surface area contributed by atoms with Gasteiger partial charge in [0.1, 0.15) is 5.75 Å². The summed E-state index contributed by atoms with van der Waals surface area (Å²) in [7, 11) is 1.60. The molecule has 5 nitrogen and oxygen atoms in total. The normalized spacial score (nSPS) is 15.0. The minimum Gasteiger partial charge on any atom is -0.495 e. The number of hydrogen-bond acceptors (Lipinski definition) is 3. The number of benzene rings is 2. The summed E-state index contributed by atoms with van der Waals surface area (Å²) in [5.41, 5.74) is 1.81. The number of ether oxygens (including phenoxy) is 1. The lowest BCUT2D eigenvalue weighted by molar-refractivity contribution is 0.143. The van der Waals surface area contributed by atoms with Crippen molar-refractivity contribution in [3.63, 3.8) is 0 Å². The van der Waals surface area contributed by atoms with E-state index in [-0.39, 0.29) is 6.03 Å². The van der Waals surface area contributed by atoms with E-state index >= 15 is 0 Å². The second-order valence-corrected chi connectivity index (χ2v) is 6.39. The first-order chi connectivity index (χ1) is 12.2. The first-order valence-corrected chi connectivity index (χ1v) is 8.70. The number of carbonyl (C=O) groups is 1. The topological polar surface area (TPSA) is 44.8 Å². The minimum atomic E-state index is -0.0955. The zero-order valence-electron chi connectivity index (χ0n) is 14.2. The van der Waals surface area contributed by atoms with Gasteiger partial charge in [0.2, 0.25) is 0 Å². The Labute approximate surface area is 153 Å². The third-order valence-corrected chi connectivity index (χ3v) is 4.73. The van der Waals surface area contributed by atoms with Gasteiger partial charge in [-0.05, 0) is 23.8 Å². The molecule has 1 fully saturated rings. The highest BCUT2D eigenvalue weighted by molar-refractivity contribution is 6.31. The molecule has 25 heavy (non-hydrogen) atoms. The van der Waals surface area contributed by atoms with Crippen molar-refractivity contribution in [3.05, 3.63) is 59.1 Å². The summed E-state index contributed by atoms with van der Waals surface area (Å²) in [4.78, 5) is 16.6. The summed E-state index contributed by atoms with van der Waals surface area (Å²) >= 11 is 6.23. The van der Waals surface area contributed by atoms with Crippen molar-refractivity contribution in [1.29, 1.82) is 0 Å². The number of nitrogens with zero attached hydrogens (tertiary/aromatic N) is 2. The number of carbonyl (C=O) groups excluding carboxylic acids is 1. The van der Waals surface area contributed by atoms with E-state index in [1.807, 2.05) is 53.4 Å². The van der Waals surface area contributed by atoms with Crippen LogP contribution in [0.1, 0.15) is 5.56 Å². The number of para-hydroxylation sites is 2. The van der Waals surface area contributed by atoms with Crippen molar-refractivity contribution in [2.24, 2.45) is 0 Å². The summed E-state index contributed by atoms with van der Waals surface area (Å²) in [5.74, 6) is 0.660. The van der Waals surface area contributed by atoms with Crippen molar-refractivity contribution in [2.45, 2.75) is 6.54 Å². The van der Waals surface area contributed by atoms with Crippen molar-refractivity contribution < 1.29 is 9.53 Å². The Morgan fingerprint density at radius 3 is 2.48 bits per heavy atom. The number of amides is 2. The van der Waals surface area contributed by atoms with Crippen LogP contribution in [0.2, 0.25) is 5.02 Å². The lowest BCUT2D eigenvalue weighted by atomic mass is 10.2. The molecule has 0 aromatic heterocycles. The average molecular weight is 360 g/mol. The number of urea groups is 1. The molecule has 132 valence electrons. The molecule has 2 aromatic carbocycles. The predicted molar refractivity (Wildman–Crippen MR) is 100 cm³/mol. The molecule has 0 spiro atoms. The Morgan fingerprint density at radius 2 is 1.76 bits per heavy atom. The van der Waals surface area contributed by atoms with Gasteiger partial charge in [0.25, 0.3) is 0 Å². The molecular weight excluding hydrogens is 338 g/mol. The van der Waals surface area contributed by atoms with Gasteiger partial charge in [-0.3, -0.25) is 4.90 Å². The van der Waals surface area contributed by atoms with Crippen LogP contribution in [0.3, 0.4) is 0 Å². The van der Waals surface area contributed by atoms with Gasteiger partial charge in [0.05, 0.1) is 12.8 Å². The maximum atomic E-state index is 12.5. The lowest BCUT2D eigenvalue weighted by Gasteiger charge is -2.34. The maximum absolute atomic E-state index is 12.5. The van der Waals surface area contributed by atoms with Crippen molar-refractivity contribution in [1.82, 2.24) is 9.80 Å². The Morgan fingerprint density at radius 1 is 1.08 bits per heavy atom. The molecule has 1 heterocycles. The standard InChI is InChI=1S/C19H22ClN3O2/c1-25-18-9-5-4-8-17(18)21-19(24)23-12-10-22(11-13-23)14-15-6-2-3-7-16(15)20/h2-9H,10-14H2,1H3,(H,21,24). The second kappa shape index (κ2) is 8.23. The summed E-state index contributed by atoms with van der Waals surface area (Å²) in [5, 5.41) is 3.72. The first kappa shape index (κ1) is 17.6. The summed E-state index contributed by atoms with van der Waals surface area (Å²) in [6.45, 7) is 3.83. The summed E-state index contributed by atoms with van der Waals surface area (Å²) in [6, 6.07) is 15.2. The van der Waals surface area contributed by atoms with Crippen LogP contribution in [-0.2, 0) is 6.54 Å². The molecule has 0 unspecified atom stereocenters. The molecule has 6 heteroatoms. The molecule has 0 atom stereocenters. The zero-order valence-corrected chi connectivity index (χ0v) is 15.0. The van der Waals surface area contributed by atoms with Crippen molar-refractivity contribution in [2.75, 3.05) is 38.6 Å². The molecule has 2 aromatic rings. The number of piperazine rings is 1. The van der Waals surface area contributed by atoms with E-state index in [4.69, 9.17) is 16.3 Å². The largest absolute Gasteiger partial charge is 0.495 e.